The molecule has 0 aliphatic heterocycles. The fraction of sp³-hybridized carbons (Fsp3) is 1.00. The molecule has 0 saturated heterocycles. The summed E-state index contributed by atoms with van der Waals surface area (Å²) in [7, 11) is 3.70. The molecule has 0 aromatic heterocycles. The average molecular weight is 408 g/mol. The lowest BCUT2D eigenvalue weighted by Gasteiger charge is -2.14. The smallest absolute Gasteiger partial charge is 0.0928 e. The predicted octanol–water partition coefficient (Wildman–Crippen LogP) is 6.92. The van der Waals surface area contributed by atoms with Crippen molar-refractivity contribution in [1.82, 2.24) is 5.32 Å². The third kappa shape index (κ3) is 24.1. The summed E-state index contributed by atoms with van der Waals surface area (Å²) in [5.41, 5.74) is 0. The van der Waals surface area contributed by atoms with E-state index in [9.17, 15) is 0 Å². The van der Waals surface area contributed by atoms with Crippen molar-refractivity contribution >= 4 is 12.4 Å². The molecule has 0 aromatic rings. The summed E-state index contributed by atoms with van der Waals surface area (Å²) in [5, 5.41) is 3.12. The molecule has 27 heavy (non-hydrogen) atoms. The first kappa shape index (κ1) is 29.4. The normalized spacial score (nSPS) is 12.1. The summed E-state index contributed by atoms with van der Waals surface area (Å²) in [6.45, 7) is 4.73. The molecule has 0 aliphatic rings. The van der Waals surface area contributed by atoms with Crippen LogP contribution in [0.15, 0.2) is 0 Å². The van der Waals surface area contributed by atoms with Crippen LogP contribution in [0.5, 0.6) is 0 Å². The van der Waals surface area contributed by atoms with Crippen molar-refractivity contribution in [3.8, 4) is 0 Å². The minimum atomic E-state index is 0. The van der Waals surface area contributed by atoms with Crippen molar-refractivity contribution in [3.63, 3.8) is 0 Å². The zero-order valence-corrected chi connectivity index (χ0v) is 19.6. The lowest BCUT2D eigenvalue weighted by molar-refractivity contribution is 0.00903. The van der Waals surface area contributed by atoms with Gasteiger partial charge in [-0.3, -0.25) is 0 Å². The quantitative estimate of drug-likeness (QED) is 0.197. The summed E-state index contributed by atoms with van der Waals surface area (Å²) in [5.74, 6) is 0. The molecular formula is C23H50ClNO2. The van der Waals surface area contributed by atoms with Crippen LogP contribution in [0, 0.1) is 0 Å². The first-order chi connectivity index (χ1) is 12.8. The maximum absolute atomic E-state index is 5.69. The first-order valence-electron chi connectivity index (χ1n) is 11.6. The Morgan fingerprint density at radius 1 is 0.667 bits per heavy atom. The van der Waals surface area contributed by atoms with Crippen LogP contribution in [0.1, 0.15) is 110 Å². The van der Waals surface area contributed by atoms with E-state index in [0.29, 0.717) is 6.61 Å². The van der Waals surface area contributed by atoms with E-state index >= 15 is 0 Å². The van der Waals surface area contributed by atoms with Crippen LogP contribution in [0.4, 0.5) is 0 Å². The van der Waals surface area contributed by atoms with E-state index in [-0.39, 0.29) is 18.5 Å². The zero-order valence-electron chi connectivity index (χ0n) is 18.7. The van der Waals surface area contributed by atoms with Crippen molar-refractivity contribution in [1.29, 1.82) is 0 Å². The highest BCUT2D eigenvalue weighted by Gasteiger charge is 2.05. The van der Waals surface area contributed by atoms with Crippen molar-refractivity contribution in [2.24, 2.45) is 0 Å². The van der Waals surface area contributed by atoms with E-state index in [1.165, 1.54) is 103 Å². The van der Waals surface area contributed by atoms with Crippen molar-refractivity contribution in [2.45, 2.75) is 116 Å². The number of hydrogen-bond acceptors (Lipinski definition) is 3. The van der Waals surface area contributed by atoms with E-state index in [4.69, 9.17) is 9.47 Å². The van der Waals surface area contributed by atoms with Gasteiger partial charge in [0.2, 0.25) is 0 Å². The molecule has 0 spiro atoms. The lowest BCUT2D eigenvalue weighted by Crippen LogP contribution is -2.30. The van der Waals surface area contributed by atoms with Gasteiger partial charge in [0.25, 0.3) is 0 Å². The first-order valence-corrected chi connectivity index (χ1v) is 11.6. The number of ether oxygens (including phenoxy) is 2. The largest absolute Gasteiger partial charge is 0.379 e. The Morgan fingerprint density at radius 3 is 1.44 bits per heavy atom. The Morgan fingerprint density at radius 2 is 1.07 bits per heavy atom. The second-order valence-corrected chi connectivity index (χ2v) is 7.79. The standard InChI is InChI=1S/C23H49NO2.ClH/c1-4-5-6-7-8-9-10-11-12-13-14-15-16-17-18-19-20-26-22-23(25-3)21-24-2;/h23-24H,4-22H2,1-3H3;1H. The lowest BCUT2D eigenvalue weighted by atomic mass is 10.0. The molecule has 0 aromatic carbocycles. The highest BCUT2D eigenvalue weighted by atomic mass is 35.5. The second-order valence-electron chi connectivity index (χ2n) is 7.79. The van der Waals surface area contributed by atoms with Gasteiger partial charge in [-0.15, -0.1) is 12.4 Å². The second kappa shape index (κ2) is 26.2. The summed E-state index contributed by atoms with van der Waals surface area (Å²) in [6.07, 6.45) is 22.8. The van der Waals surface area contributed by atoms with Crippen molar-refractivity contribution in [2.75, 3.05) is 33.9 Å². The van der Waals surface area contributed by atoms with E-state index in [1.54, 1.807) is 7.11 Å². The molecule has 4 heteroatoms. The minimum absolute atomic E-state index is 0. The summed E-state index contributed by atoms with van der Waals surface area (Å²) < 4.78 is 11.0. The van der Waals surface area contributed by atoms with Crippen LogP contribution in [-0.2, 0) is 9.47 Å². The Balaban J connectivity index is 0. The molecule has 0 bridgehead atoms. The Hall–Kier alpha value is 0.170. The molecular weight excluding hydrogens is 358 g/mol. The summed E-state index contributed by atoms with van der Waals surface area (Å²) in [6, 6.07) is 0. The molecule has 166 valence electrons. The van der Waals surface area contributed by atoms with Gasteiger partial charge in [-0.2, -0.15) is 0 Å². The topological polar surface area (TPSA) is 30.5 Å². The molecule has 0 saturated carbocycles. The Kier molecular flexibility index (Phi) is 28.5. The van der Waals surface area contributed by atoms with E-state index < -0.39 is 0 Å². The maximum Gasteiger partial charge on any atom is 0.0928 e. The average Bonchev–Trinajstić information content (AvgIpc) is 2.66. The van der Waals surface area contributed by atoms with Gasteiger partial charge >= 0.3 is 0 Å². The van der Waals surface area contributed by atoms with Gasteiger partial charge < -0.3 is 14.8 Å². The number of likely N-dealkylation sites (N-methyl/N-ethyl adjacent to an activating group) is 1. The number of halogens is 1. The third-order valence-corrected chi connectivity index (χ3v) is 5.21. The number of methoxy groups -OCH3 is 1. The van der Waals surface area contributed by atoms with Crippen molar-refractivity contribution in [3.05, 3.63) is 0 Å². The molecule has 3 nitrogen and oxygen atoms in total. The molecule has 0 heterocycles. The predicted molar refractivity (Wildman–Crippen MR) is 122 cm³/mol. The minimum Gasteiger partial charge on any atom is -0.379 e. The van der Waals surface area contributed by atoms with Crippen LogP contribution >= 0.6 is 12.4 Å². The van der Waals surface area contributed by atoms with Gasteiger partial charge in [0.1, 0.15) is 0 Å². The molecule has 0 amide bonds. The molecule has 1 unspecified atom stereocenters. The number of rotatable bonds is 22. The number of unbranched alkanes of at least 4 members (excludes halogenated alkanes) is 15. The Labute approximate surface area is 177 Å². The highest BCUT2D eigenvalue weighted by molar-refractivity contribution is 5.85. The van der Waals surface area contributed by atoms with E-state index in [2.05, 4.69) is 12.2 Å². The third-order valence-electron chi connectivity index (χ3n) is 5.21. The molecule has 0 fully saturated rings. The van der Waals surface area contributed by atoms with Crippen LogP contribution < -0.4 is 5.32 Å². The molecule has 0 radical (unpaired) electrons. The SMILES string of the molecule is CCCCCCCCCCCCCCCCCCOCC(CNC)OC.Cl. The van der Waals surface area contributed by atoms with Gasteiger partial charge in [-0.25, -0.2) is 0 Å². The van der Waals surface area contributed by atoms with Crippen LogP contribution in [0.25, 0.3) is 0 Å². The fourth-order valence-corrected chi connectivity index (χ4v) is 3.40. The fourth-order valence-electron chi connectivity index (χ4n) is 3.40. The number of nitrogens with one attached hydrogen (secondary N) is 1. The van der Waals surface area contributed by atoms with E-state index in [0.717, 1.165) is 13.2 Å². The van der Waals surface area contributed by atoms with Gasteiger partial charge in [0.15, 0.2) is 0 Å². The summed E-state index contributed by atoms with van der Waals surface area (Å²) in [4.78, 5) is 0. The van der Waals surface area contributed by atoms with Gasteiger partial charge in [0, 0.05) is 20.3 Å². The monoisotopic (exact) mass is 407 g/mol. The van der Waals surface area contributed by atoms with Crippen LogP contribution in [0.2, 0.25) is 0 Å². The highest BCUT2D eigenvalue weighted by Crippen LogP contribution is 2.13. The Bertz CT molecular complexity index is 255. The van der Waals surface area contributed by atoms with Gasteiger partial charge in [-0.05, 0) is 13.5 Å². The van der Waals surface area contributed by atoms with E-state index in [1.807, 2.05) is 7.05 Å². The van der Waals surface area contributed by atoms with Crippen LogP contribution in [-0.4, -0.2) is 40.0 Å². The zero-order chi connectivity index (χ0) is 19.1. The molecule has 0 rings (SSSR count). The van der Waals surface area contributed by atoms with Crippen molar-refractivity contribution < 1.29 is 9.47 Å². The van der Waals surface area contributed by atoms with Gasteiger partial charge in [-0.1, -0.05) is 103 Å². The molecule has 1 atom stereocenters. The molecule has 0 aliphatic carbocycles. The molecule has 1 N–H and O–H groups in total. The maximum atomic E-state index is 5.69. The summed E-state index contributed by atoms with van der Waals surface area (Å²) >= 11 is 0. The van der Waals surface area contributed by atoms with Gasteiger partial charge in [0.05, 0.1) is 12.7 Å². The van der Waals surface area contributed by atoms with Crippen LogP contribution in [0.3, 0.4) is 0 Å². The number of hydrogen-bond donors (Lipinski definition) is 1.